The van der Waals surface area contributed by atoms with Crippen molar-refractivity contribution in [1.82, 2.24) is 4.57 Å². The Kier molecular flexibility index (Phi) is 7.50. The number of benzene rings is 10. The molecule has 0 saturated heterocycles. The molecule has 0 aliphatic heterocycles. The minimum absolute atomic E-state index is 0.0495. The van der Waals surface area contributed by atoms with Gasteiger partial charge in [-0.1, -0.05) is 185 Å². The second-order valence-electron chi connectivity index (χ2n) is 16.5. The van der Waals surface area contributed by atoms with Crippen LogP contribution >= 0.6 is 0 Å². The SMILES string of the molecule is CC(C)(C)c1cc2ccc3c(-c4ccc(-n5c6ccccc6c6ccccc65)cc4)cc(-c4ccccc4-c4ccc(-c5ccccc5)cc4)c4ccc(c1)c2c34. The maximum atomic E-state index is 2.45. The fourth-order valence-electron chi connectivity index (χ4n) is 9.24. The van der Waals surface area contributed by atoms with Crippen LogP contribution in [0.25, 0.3) is 104 Å². The van der Waals surface area contributed by atoms with Crippen molar-refractivity contribution in [2.24, 2.45) is 0 Å². The maximum absolute atomic E-state index is 2.45. The number of hydrogen-bond donors (Lipinski definition) is 0. The van der Waals surface area contributed by atoms with Crippen molar-refractivity contribution in [3.05, 3.63) is 200 Å². The summed E-state index contributed by atoms with van der Waals surface area (Å²) >= 11 is 0. The molecule has 0 unspecified atom stereocenters. The third-order valence-electron chi connectivity index (χ3n) is 12.1. The molecule has 1 nitrogen and oxygen atoms in total. The molecule has 0 spiro atoms. The number of nitrogens with zero attached hydrogens (tertiary/aromatic N) is 1. The fourth-order valence-corrected chi connectivity index (χ4v) is 9.24. The van der Waals surface area contributed by atoms with Crippen LogP contribution in [-0.2, 0) is 5.41 Å². The first-order valence-corrected chi connectivity index (χ1v) is 20.0. The molecule has 57 heavy (non-hydrogen) atoms. The quantitative estimate of drug-likeness (QED) is 0.156. The van der Waals surface area contributed by atoms with Gasteiger partial charge in [0, 0.05) is 16.5 Å². The molecule has 11 rings (SSSR count). The summed E-state index contributed by atoms with van der Waals surface area (Å²) in [6, 6.07) is 72.0. The average molecular weight is 728 g/mol. The first-order valence-electron chi connectivity index (χ1n) is 20.0. The van der Waals surface area contributed by atoms with E-state index >= 15 is 0 Å². The highest BCUT2D eigenvalue weighted by Crippen LogP contribution is 2.47. The molecule has 0 saturated carbocycles. The molecule has 0 aliphatic carbocycles. The van der Waals surface area contributed by atoms with E-state index in [1.165, 1.54) is 104 Å². The van der Waals surface area contributed by atoms with Crippen LogP contribution in [0.5, 0.6) is 0 Å². The van der Waals surface area contributed by atoms with Gasteiger partial charge in [-0.3, -0.25) is 0 Å². The molecule has 270 valence electrons. The zero-order chi connectivity index (χ0) is 38.3. The second kappa shape index (κ2) is 12.8. The first-order chi connectivity index (χ1) is 27.9. The third-order valence-corrected chi connectivity index (χ3v) is 12.1. The van der Waals surface area contributed by atoms with E-state index in [9.17, 15) is 0 Å². The average Bonchev–Trinajstić information content (AvgIpc) is 3.60. The van der Waals surface area contributed by atoms with Crippen LogP contribution in [0.1, 0.15) is 26.3 Å². The van der Waals surface area contributed by atoms with Crippen molar-refractivity contribution < 1.29 is 0 Å². The molecule has 0 aliphatic rings. The molecule has 1 aromatic heterocycles. The highest BCUT2D eigenvalue weighted by molar-refractivity contribution is 6.28. The summed E-state index contributed by atoms with van der Waals surface area (Å²) in [5.74, 6) is 0. The molecule has 0 atom stereocenters. The highest BCUT2D eigenvalue weighted by atomic mass is 15.0. The molecule has 1 heteroatoms. The Bertz CT molecular complexity index is 3210. The van der Waals surface area contributed by atoms with Crippen LogP contribution < -0.4 is 0 Å². The molecule has 0 fully saturated rings. The number of para-hydroxylation sites is 2. The lowest BCUT2D eigenvalue weighted by molar-refractivity contribution is 0.591. The van der Waals surface area contributed by atoms with E-state index in [0.29, 0.717) is 0 Å². The molecule has 0 amide bonds. The van der Waals surface area contributed by atoms with Gasteiger partial charge >= 0.3 is 0 Å². The van der Waals surface area contributed by atoms with Crippen molar-refractivity contribution in [3.8, 4) is 50.2 Å². The number of rotatable bonds is 5. The van der Waals surface area contributed by atoms with Gasteiger partial charge in [0.1, 0.15) is 0 Å². The van der Waals surface area contributed by atoms with Crippen LogP contribution in [0, 0.1) is 0 Å². The van der Waals surface area contributed by atoms with Crippen LogP contribution in [0.2, 0.25) is 0 Å². The Labute approximate surface area is 333 Å². The Hall–Kier alpha value is -6.96. The van der Waals surface area contributed by atoms with Gasteiger partial charge in [-0.15, -0.1) is 0 Å². The monoisotopic (exact) mass is 727 g/mol. The summed E-state index contributed by atoms with van der Waals surface area (Å²) in [4.78, 5) is 0. The largest absolute Gasteiger partial charge is 0.309 e. The van der Waals surface area contributed by atoms with Crippen molar-refractivity contribution in [3.63, 3.8) is 0 Å². The standard InChI is InChI=1S/C56H41N/c1-56(2,3)42-33-40-27-31-48-50(39-25-29-43(30-26-39)57-52-19-11-9-17-46(52)47-18-10-12-20-53(47)57)35-51(49-32-28-41(34-42)54(40)55(48)49)45-16-8-7-15-44(45)38-23-21-37(22-24-38)36-13-5-4-6-14-36/h4-35H,1-3H3. The lowest BCUT2D eigenvalue weighted by Gasteiger charge is -2.23. The summed E-state index contributed by atoms with van der Waals surface area (Å²) in [6.07, 6.45) is 0. The molecule has 0 radical (unpaired) electrons. The van der Waals surface area contributed by atoms with Crippen LogP contribution in [0.15, 0.2) is 194 Å². The molecule has 1 heterocycles. The fraction of sp³-hybridized carbons (Fsp3) is 0.0714. The minimum Gasteiger partial charge on any atom is -0.309 e. The Morgan fingerprint density at radius 1 is 0.333 bits per heavy atom. The predicted octanol–water partition coefficient (Wildman–Crippen LogP) is 15.6. The van der Waals surface area contributed by atoms with Gasteiger partial charge in [0.25, 0.3) is 0 Å². The lowest BCUT2D eigenvalue weighted by Crippen LogP contribution is -2.10. The second-order valence-corrected chi connectivity index (χ2v) is 16.5. The van der Waals surface area contributed by atoms with Gasteiger partial charge in [-0.25, -0.2) is 0 Å². The van der Waals surface area contributed by atoms with E-state index in [1.807, 2.05) is 0 Å². The van der Waals surface area contributed by atoms with E-state index in [2.05, 4.69) is 219 Å². The van der Waals surface area contributed by atoms with E-state index in [4.69, 9.17) is 0 Å². The number of hydrogen-bond acceptors (Lipinski definition) is 0. The summed E-state index contributed by atoms with van der Waals surface area (Å²) < 4.78 is 2.40. The molecule has 11 aromatic rings. The van der Waals surface area contributed by atoms with Crippen molar-refractivity contribution in [2.45, 2.75) is 26.2 Å². The van der Waals surface area contributed by atoms with Gasteiger partial charge in [0.15, 0.2) is 0 Å². The highest BCUT2D eigenvalue weighted by Gasteiger charge is 2.22. The van der Waals surface area contributed by atoms with E-state index < -0.39 is 0 Å². The Morgan fingerprint density at radius 3 is 1.46 bits per heavy atom. The van der Waals surface area contributed by atoms with Crippen LogP contribution in [-0.4, -0.2) is 4.57 Å². The Morgan fingerprint density at radius 2 is 0.825 bits per heavy atom. The van der Waals surface area contributed by atoms with Crippen molar-refractivity contribution in [2.75, 3.05) is 0 Å². The van der Waals surface area contributed by atoms with Gasteiger partial charge in [-0.2, -0.15) is 0 Å². The zero-order valence-electron chi connectivity index (χ0n) is 32.4. The molecule has 0 bridgehead atoms. The van der Waals surface area contributed by atoms with E-state index in [-0.39, 0.29) is 5.41 Å². The summed E-state index contributed by atoms with van der Waals surface area (Å²) in [5, 5.41) is 10.4. The van der Waals surface area contributed by atoms with Crippen LogP contribution in [0.3, 0.4) is 0 Å². The zero-order valence-corrected chi connectivity index (χ0v) is 32.4. The molecule has 10 aromatic carbocycles. The van der Waals surface area contributed by atoms with Gasteiger partial charge < -0.3 is 4.57 Å². The smallest absolute Gasteiger partial charge is 0.0541 e. The van der Waals surface area contributed by atoms with E-state index in [0.717, 1.165) is 5.69 Å². The topological polar surface area (TPSA) is 4.93 Å². The number of fused-ring (bicyclic) bond motifs is 3. The normalized spacial score (nSPS) is 12.1. The predicted molar refractivity (Wildman–Crippen MR) is 245 cm³/mol. The summed E-state index contributed by atoms with van der Waals surface area (Å²) in [7, 11) is 0. The van der Waals surface area contributed by atoms with Gasteiger partial charge in [-0.05, 0) is 118 Å². The first kappa shape index (κ1) is 33.4. The van der Waals surface area contributed by atoms with Gasteiger partial charge in [0.2, 0.25) is 0 Å². The molecular formula is C56H41N. The van der Waals surface area contributed by atoms with Crippen molar-refractivity contribution >= 4 is 54.1 Å². The summed E-state index contributed by atoms with van der Waals surface area (Å²) in [6.45, 7) is 6.92. The van der Waals surface area contributed by atoms with E-state index in [1.54, 1.807) is 0 Å². The summed E-state index contributed by atoms with van der Waals surface area (Å²) in [5.41, 5.74) is 14.8. The third kappa shape index (κ3) is 5.38. The van der Waals surface area contributed by atoms with Gasteiger partial charge in [0.05, 0.1) is 11.0 Å². The minimum atomic E-state index is 0.0495. The Balaban J connectivity index is 1.14. The lowest BCUT2D eigenvalue weighted by atomic mass is 9.81. The molecular weight excluding hydrogens is 687 g/mol. The number of aromatic nitrogens is 1. The maximum Gasteiger partial charge on any atom is 0.0541 e. The molecule has 0 N–H and O–H groups in total. The van der Waals surface area contributed by atoms with Crippen molar-refractivity contribution in [1.29, 1.82) is 0 Å². The van der Waals surface area contributed by atoms with Crippen LogP contribution in [0.4, 0.5) is 0 Å².